The van der Waals surface area contributed by atoms with E-state index in [0.717, 1.165) is 11.1 Å². The third-order valence-electron chi connectivity index (χ3n) is 3.56. The summed E-state index contributed by atoms with van der Waals surface area (Å²) >= 11 is 0. The van der Waals surface area contributed by atoms with Crippen molar-refractivity contribution in [3.63, 3.8) is 0 Å². The van der Waals surface area contributed by atoms with Gasteiger partial charge in [-0.15, -0.1) is 0 Å². The second-order valence-electron chi connectivity index (χ2n) is 5.50. The highest BCUT2D eigenvalue weighted by molar-refractivity contribution is 5.76. The average molecular weight is 329 g/mol. The number of rotatable bonds is 8. The van der Waals surface area contributed by atoms with Crippen LogP contribution in [0, 0.1) is 0 Å². The zero-order valence-corrected chi connectivity index (χ0v) is 13.4. The second-order valence-corrected chi connectivity index (χ2v) is 5.50. The molecule has 0 N–H and O–H groups in total. The minimum atomic E-state index is -2.53. The van der Waals surface area contributed by atoms with Crippen molar-refractivity contribution < 1.29 is 13.6 Å². The van der Waals surface area contributed by atoms with Crippen LogP contribution in [-0.2, 0) is 11.3 Å². The average Bonchev–Trinajstić information content (AvgIpc) is 2.59. The molecule has 0 aliphatic heterocycles. The number of allylic oxidation sites excluding steroid dienone is 1. The van der Waals surface area contributed by atoms with Gasteiger partial charge >= 0.3 is 0 Å². The van der Waals surface area contributed by atoms with Crippen molar-refractivity contribution in [2.24, 2.45) is 0 Å². The normalized spacial score (nSPS) is 11.1. The SMILES string of the molecule is O=C(CC/C=C/c1ccccc1)N(Cc1ccccc1)CC(F)F. The van der Waals surface area contributed by atoms with Crippen LogP contribution in [-0.4, -0.2) is 23.8 Å². The maximum Gasteiger partial charge on any atom is 0.255 e. The first-order valence-electron chi connectivity index (χ1n) is 7.96. The fourth-order valence-electron chi connectivity index (χ4n) is 2.37. The minimum absolute atomic E-state index is 0.215. The molecular formula is C20H21F2NO. The van der Waals surface area contributed by atoms with Gasteiger partial charge in [-0.2, -0.15) is 0 Å². The second kappa shape index (κ2) is 9.60. The standard InChI is InChI=1S/C20H21F2NO/c21-19(22)16-23(15-18-12-5-2-6-13-18)20(24)14-8-7-11-17-9-3-1-4-10-17/h1-7,9-13,19H,8,14-16H2/b11-7+. The highest BCUT2D eigenvalue weighted by Gasteiger charge is 2.17. The molecule has 0 unspecified atom stereocenters. The summed E-state index contributed by atoms with van der Waals surface area (Å²) in [4.78, 5) is 13.5. The molecule has 0 bridgehead atoms. The monoisotopic (exact) mass is 329 g/mol. The lowest BCUT2D eigenvalue weighted by Gasteiger charge is -2.22. The Hall–Kier alpha value is -2.49. The van der Waals surface area contributed by atoms with Crippen LogP contribution in [0.4, 0.5) is 8.78 Å². The van der Waals surface area contributed by atoms with E-state index in [1.54, 1.807) is 0 Å². The lowest BCUT2D eigenvalue weighted by atomic mass is 10.1. The third kappa shape index (κ3) is 6.32. The molecule has 1 amide bonds. The van der Waals surface area contributed by atoms with Gasteiger partial charge in [0.05, 0.1) is 6.54 Å². The van der Waals surface area contributed by atoms with E-state index in [2.05, 4.69) is 0 Å². The molecule has 0 saturated heterocycles. The number of benzene rings is 2. The molecule has 0 aliphatic rings. The fourth-order valence-corrected chi connectivity index (χ4v) is 2.37. The summed E-state index contributed by atoms with van der Waals surface area (Å²) in [6.45, 7) is -0.317. The minimum Gasteiger partial charge on any atom is -0.333 e. The number of hydrogen-bond acceptors (Lipinski definition) is 1. The first kappa shape index (κ1) is 17.9. The molecule has 24 heavy (non-hydrogen) atoms. The molecule has 0 heterocycles. The van der Waals surface area contributed by atoms with Crippen LogP contribution in [0.25, 0.3) is 6.08 Å². The van der Waals surface area contributed by atoms with Gasteiger partial charge in [0.2, 0.25) is 5.91 Å². The zero-order valence-electron chi connectivity index (χ0n) is 13.4. The van der Waals surface area contributed by atoms with Gasteiger partial charge in [-0.25, -0.2) is 8.78 Å². The molecule has 4 heteroatoms. The number of halogens is 2. The van der Waals surface area contributed by atoms with Gasteiger partial charge in [-0.1, -0.05) is 72.8 Å². The van der Waals surface area contributed by atoms with Crippen LogP contribution in [0.1, 0.15) is 24.0 Å². The van der Waals surface area contributed by atoms with Gasteiger partial charge in [0, 0.05) is 13.0 Å². The number of carbonyl (C=O) groups is 1. The molecule has 0 saturated carbocycles. The van der Waals surface area contributed by atoms with Crippen molar-refractivity contribution in [3.05, 3.63) is 77.9 Å². The van der Waals surface area contributed by atoms with Crippen LogP contribution >= 0.6 is 0 Å². The van der Waals surface area contributed by atoms with E-state index in [1.165, 1.54) is 4.90 Å². The summed E-state index contributed by atoms with van der Waals surface area (Å²) in [6.07, 6.45) is 2.06. The number of carbonyl (C=O) groups excluding carboxylic acids is 1. The zero-order chi connectivity index (χ0) is 17.2. The van der Waals surface area contributed by atoms with Gasteiger partial charge in [0.15, 0.2) is 0 Å². The van der Waals surface area contributed by atoms with Crippen molar-refractivity contribution in [3.8, 4) is 0 Å². The van der Waals surface area contributed by atoms with Crippen molar-refractivity contribution in [2.45, 2.75) is 25.8 Å². The number of amides is 1. The van der Waals surface area contributed by atoms with Crippen molar-refractivity contribution >= 4 is 12.0 Å². The molecule has 0 fully saturated rings. The Morgan fingerprint density at radius 2 is 1.62 bits per heavy atom. The van der Waals surface area contributed by atoms with Gasteiger partial charge < -0.3 is 4.90 Å². The summed E-state index contributed by atoms with van der Waals surface area (Å²) in [7, 11) is 0. The number of nitrogens with zero attached hydrogens (tertiary/aromatic N) is 1. The molecule has 0 spiro atoms. The van der Waals surface area contributed by atoms with Crippen molar-refractivity contribution in [1.82, 2.24) is 4.90 Å². The van der Waals surface area contributed by atoms with Gasteiger partial charge in [0.1, 0.15) is 0 Å². The maximum atomic E-state index is 12.7. The van der Waals surface area contributed by atoms with Gasteiger partial charge in [-0.3, -0.25) is 4.79 Å². The van der Waals surface area contributed by atoms with E-state index < -0.39 is 13.0 Å². The van der Waals surface area contributed by atoms with Crippen LogP contribution in [0.15, 0.2) is 66.7 Å². The Kier molecular flexibility index (Phi) is 7.15. The first-order chi connectivity index (χ1) is 11.6. The van der Waals surface area contributed by atoms with E-state index >= 15 is 0 Å². The molecule has 0 atom stereocenters. The van der Waals surface area contributed by atoms with E-state index in [4.69, 9.17) is 0 Å². The third-order valence-corrected chi connectivity index (χ3v) is 3.56. The lowest BCUT2D eigenvalue weighted by molar-refractivity contribution is -0.133. The molecule has 2 rings (SSSR count). The Balaban J connectivity index is 1.89. The van der Waals surface area contributed by atoms with Gasteiger partial charge in [0.25, 0.3) is 6.43 Å². The summed E-state index contributed by atoms with van der Waals surface area (Å²) in [5.41, 5.74) is 1.91. The predicted molar refractivity (Wildman–Crippen MR) is 92.6 cm³/mol. The molecule has 2 aromatic carbocycles. The summed E-state index contributed by atoms with van der Waals surface area (Å²) in [6, 6.07) is 19.0. The number of hydrogen-bond donors (Lipinski definition) is 0. The Morgan fingerprint density at radius 1 is 1.00 bits per heavy atom. The Labute approximate surface area is 141 Å². The Morgan fingerprint density at radius 3 is 2.25 bits per heavy atom. The molecule has 0 radical (unpaired) electrons. The maximum absolute atomic E-state index is 12.7. The van der Waals surface area contributed by atoms with E-state index in [1.807, 2.05) is 72.8 Å². The van der Waals surface area contributed by atoms with Crippen LogP contribution in [0.3, 0.4) is 0 Å². The van der Waals surface area contributed by atoms with Crippen molar-refractivity contribution in [1.29, 1.82) is 0 Å². The molecule has 126 valence electrons. The highest BCUT2D eigenvalue weighted by atomic mass is 19.3. The fraction of sp³-hybridized carbons (Fsp3) is 0.250. The topological polar surface area (TPSA) is 20.3 Å². The molecular weight excluding hydrogens is 308 g/mol. The largest absolute Gasteiger partial charge is 0.333 e. The van der Waals surface area contributed by atoms with E-state index in [0.29, 0.717) is 6.42 Å². The van der Waals surface area contributed by atoms with E-state index in [9.17, 15) is 13.6 Å². The molecule has 0 aromatic heterocycles. The van der Waals surface area contributed by atoms with Crippen LogP contribution in [0.5, 0.6) is 0 Å². The number of alkyl halides is 2. The van der Waals surface area contributed by atoms with Crippen LogP contribution in [0.2, 0.25) is 0 Å². The lowest BCUT2D eigenvalue weighted by Crippen LogP contribution is -2.34. The highest BCUT2D eigenvalue weighted by Crippen LogP contribution is 2.11. The molecule has 2 nitrogen and oxygen atoms in total. The summed E-state index contributed by atoms with van der Waals surface area (Å²) < 4.78 is 25.5. The Bertz CT molecular complexity index is 641. The smallest absolute Gasteiger partial charge is 0.255 e. The molecule has 2 aromatic rings. The van der Waals surface area contributed by atoms with E-state index in [-0.39, 0.29) is 18.9 Å². The van der Waals surface area contributed by atoms with Crippen LogP contribution < -0.4 is 0 Å². The molecule has 0 aliphatic carbocycles. The summed E-state index contributed by atoms with van der Waals surface area (Å²) in [5, 5.41) is 0. The predicted octanol–water partition coefficient (Wildman–Crippen LogP) is 4.77. The summed E-state index contributed by atoms with van der Waals surface area (Å²) in [5.74, 6) is -0.253. The quantitative estimate of drug-likeness (QED) is 0.683. The van der Waals surface area contributed by atoms with Gasteiger partial charge in [-0.05, 0) is 17.5 Å². The first-order valence-corrected chi connectivity index (χ1v) is 7.96. The van der Waals surface area contributed by atoms with Crippen molar-refractivity contribution in [2.75, 3.05) is 6.54 Å².